The standard InChI is InChI=1S/C20H19N3O3.C19H17N3O3/c1-25-18-7-3-5-13-14(18)9-10-23-17(13)11-16(21-12-20(23)24)15-6-4-8-19(22-15)26-2;1-25-17-6-2-4-12-13(17)8-9-22-16(12)10-15(20-11-19(22)24)14-5-3-7-18(23)21-14/h3-8,11H,9-10,12H2,1-2H3;2-7,10H,8-9,11H2,1H3,(H,21,23). The summed E-state index contributed by atoms with van der Waals surface area (Å²) in [5.41, 5.74) is 8.16. The number of nitrogens with zero attached hydrogens (tertiary/aromatic N) is 5. The molecule has 4 aromatic rings. The summed E-state index contributed by atoms with van der Waals surface area (Å²) in [5, 5.41) is 0. The van der Waals surface area contributed by atoms with E-state index in [1.807, 2.05) is 60.7 Å². The molecule has 0 aliphatic carbocycles. The van der Waals surface area contributed by atoms with Crippen LogP contribution in [0.2, 0.25) is 0 Å². The van der Waals surface area contributed by atoms with Crippen LogP contribution in [-0.4, -0.2) is 90.5 Å². The Morgan fingerprint density at radius 2 is 1.18 bits per heavy atom. The number of allylic oxidation sites excluding steroid dienone is 2. The Morgan fingerprint density at radius 1 is 0.627 bits per heavy atom. The third-order valence-corrected chi connectivity index (χ3v) is 9.17. The Balaban J connectivity index is 0.000000159. The van der Waals surface area contributed by atoms with Crippen molar-refractivity contribution in [3.63, 3.8) is 0 Å². The summed E-state index contributed by atoms with van der Waals surface area (Å²) < 4.78 is 16.2. The number of carbonyl (C=O) groups excluding carboxylic acids is 2. The van der Waals surface area contributed by atoms with Crippen LogP contribution < -0.4 is 19.8 Å². The van der Waals surface area contributed by atoms with Gasteiger partial charge in [0.2, 0.25) is 23.3 Å². The lowest BCUT2D eigenvalue weighted by molar-refractivity contribution is -0.127. The van der Waals surface area contributed by atoms with Gasteiger partial charge >= 0.3 is 0 Å². The van der Waals surface area contributed by atoms with Crippen LogP contribution in [0.15, 0.2) is 99.7 Å². The molecule has 2 amide bonds. The fourth-order valence-corrected chi connectivity index (χ4v) is 6.73. The highest BCUT2D eigenvalue weighted by molar-refractivity contribution is 6.15. The third-order valence-electron chi connectivity index (χ3n) is 9.17. The van der Waals surface area contributed by atoms with Crippen molar-refractivity contribution in [1.82, 2.24) is 19.8 Å². The van der Waals surface area contributed by atoms with Gasteiger partial charge in [0, 0.05) is 47.5 Å². The van der Waals surface area contributed by atoms with Crippen LogP contribution in [0, 0.1) is 0 Å². The fraction of sp³-hybridized carbons (Fsp3) is 0.231. The second-order valence-corrected chi connectivity index (χ2v) is 12.0. The van der Waals surface area contributed by atoms with Gasteiger partial charge in [-0.3, -0.25) is 24.4 Å². The Kier molecular flexibility index (Phi) is 9.30. The monoisotopic (exact) mass is 684 g/mol. The number of pyridine rings is 2. The van der Waals surface area contributed by atoms with Gasteiger partial charge in [-0.2, -0.15) is 0 Å². The number of hydrogen-bond acceptors (Lipinski definition) is 9. The minimum Gasteiger partial charge on any atom is -0.496 e. The number of H-pyrrole nitrogens is 1. The predicted octanol–water partition coefficient (Wildman–Crippen LogP) is 3.94. The van der Waals surface area contributed by atoms with Crippen molar-refractivity contribution < 1.29 is 23.8 Å². The minimum absolute atomic E-state index is 0.0115. The molecular weight excluding hydrogens is 648 g/mol. The molecule has 1 N–H and O–H groups in total. The Labute approximate surface area is 294 Å². The number of ether oxygens (including phenoxy) is 3. The lowest BCUT2D eigenvalue weighted by Gasteiger charge is -2.31. The first-order valence-electron chi connectivity index (χ1n) is 16.5. The lowest BCUT2D eigenvalue weighted by Crippen LogP contribution is -2.35. The number of nitrogens with one attached hydrogen (secondary N) is 1. The van der Waals surface area contributed by atoms with E-state index in [2.05, 4.69) is 20.0 Å². The predicted molar refractivity (Wildman–Crippen MR) is 193 cm³/mol. The molecule has 0 fully saturated rings. The number of aliphatic imine (C=N–C) groups is 2. The number of rotatable bonds is 5. The number of hydrogen-bond donors (Lipinski definition) is 1. The molecule has 0 saturated carbocycles. The first-order chi connectivity index (χ1) is 24.9. The van der Waals surface area contributed by atoms with Crippen molar-refractivity contribution in [3.05, 3.63) is 129 Å². The molecule has 2 aromatic heterocycles. The van der Waals surface area contributed by atoms with Crippen LogP contribution in [0.3, 0.4) is 0 Å². The second-order valence-electron chi connectivity index (χ2n) is 12.0. The maximum absolute atomic E-state index is 12.6. The molecule has 0 atom stereocenters. The van der Waals surface area contributed by atoms with Crippen LogP contribution in [-0.2, 0) is 22.4 Å². The van der Waals surface area contributed by atoms with Crippen LogP contribution in [0.1, 0.15) is 33.6 Å². The van der Waals surface area contributed by atoms with E-state index < -0.39 is 0 Å². The maximum atomic E-state index is 12.6. The molecule has 0 bridgehead atoms. The van der Waals surface area contributed by atoms with Crippen molar-refractivity contribution in [2.75, 3.05) is 47.5 Å². The average molecular weight is 685 g/mol. The van der Waals surface area contributed by atoms with E-state index >= 15 is 0 Å². The number of aromatic amines is 1. The molecule has 0 spiro atoms. The highest BCUT2D eigenvalue weighted by atomic mass is 16.5. The van der Waals surface area contributed by atoms with Crippen LogP contribution in [0.5, 0.6) is 17.4 Å². The highest BCUT2D eigenvalue weighted by Crippen LogP contribution is 2.37. The summed E-state index contributed by atoms with van der Waals surface area (Å²) in [6.45, 7) is 1.37. The topological polar surface area (TPSA) is 139 Å². The molecule has 258 valence electrons. The van der Waals surface area contributed by atoms with Crippen molar-refractivity contribution in [2.45, 2.75) is 12.8 Å². The molecule has 0 unspecified atom stereocenters. The fourth-order valence-electron chi connectivity index (χ4n) is 6.73. The van der Waals surface area contributed by atoms with E-state index in [-0.39, 0.29) is 30.5 Å². The summed E-state index contributed by atoms with van der Waals surface area (Å²) in [7, 11) is 4.90. The number of carbonyl (C=O) groups is 2. The van der Waals surface area contributed by atoms with Gasteiger partial charge < -0.3 is 29.0 Å². The van der Waals surface area contributed by atoms with E-state index in [0.29, 0.717) is 41.8 Å². The third kappa shape index (κ3) is 6.55. The Morgan fingerprint density at radius 3 is 1.75 bits per heavy atom. The number of aromatic nitrogens is 2. The van der Waals surface area contributed by atoms with Gasteiger partial charge in [-0.15, -0.1) is 0 Å². The smallest absolute Gasteiger partial charge is 0.248 e. The average Bonchev–Trinajstić information content (AvgIpc) is 3.45. The van der Waals surface area contributed by atoms with E-state index in [1.54, 1.807) is 49.3 Å². The zero-order chi connectivity index (χ0) is 35.5. The zero-order valence-corrected chi connectivity index (χ0v) is 28.5. The lowest BCUT2D eigenvalue weighted by atomic mass is 9.94. The first-order valence-corrected chi connectivity index (χ1v) is 16.5. The first kappa shape index (κ1) is 33.2. The van der Waals surface area contributed by atoms with Crippen molar-refractivity contribution >= 4 is 34.6 Å². The van der Waals surface area contributed by atoms with Crippen LogP contribution in [0.4, 0.5) is 0 Å². The number of methoxy groups -OCH3 is 3. The van der Waals surface area contributed by atoms with Gasteiger partial charge in [-0.05, 0) is 49.3 Å². The summed E-state index contributed by atoms with van der Waals surface area (Å²) in [6, 6.07) is 22.2. The highest BCUT2D eigenvalue weighted by Gasteiger charge is 2.31. The van der Waals surface area contributed by atoms with E-state index in [1.165, 1.54) is 6.07 Å². The molecule has 4 aliphatic heterocycles. The summed E-state index contributed by atoms with van der Waals surface area (Å²) in [5.74, 6) is 2.12. The van der Waals surface area contributed by atoms with Crippen LogP contribution >= 0.6 is 0 Å². The van der Waals surface area contributed by atoms with E-state index in [9.17, 15) is 14.4 Å². The maximum Gasteiger partial charge on any atom is 0.248 e. The SMILES string of the molecule is COc1cccc(C2=NCC(=O)N3CCc4c(OC)cccc4C3=C2)n1.COc1cccc2c1CCN1C(=O)CN=C(c3cccc(=O)[nH]3)C=C21. The summed E-state index contributed by atoms with van der Waals surface area (Å²) in [6.07, 6.45) is 5.30. The van der Waals surface area contributed by atoms with E-state index in [0.717, 1.165) is 58.0 Å². The van der Waals surface area contributed by atoms with Gasteiger partial charge in [0.1, 0.15) is 24.6 Å². The summed E-state index contributed by atoms with van der Waals surface area (Å²) >= 11 is 0. The summed E-state index contributed by atoms with van der Waals surface area (Å²) in [4.78, 5) is 56.5. The molecule has 8 rings (SSSR count). The number of fused-ring (bicyclic) bond motifs is 6. The molecule has 0 radical (unpaired) electrons. The molecule has 4 aliphatic rings. The quantitative estimate of drug-likeness (QED) is 0.336. The molecule has 12 heteroatoms. The van der Waals surface area contributed by atoms with Gasteiger partial charge in [-0.1, -0.05) is 36.4 Å². The molecular formula is C39H36N6O6. The van der Waals surface area contributed by atoms with Gasteiger partial charge in [-0.25, -0.2) is 4.98 Å². The molecule has 51 heavy (non-hydrogen) atoms. The van der Waals surface area contributed by atoms with Gasteiger partial charge in [0.15, 0.2) is 0 Å². The van der Waals surface area contributed by atoms with Gasteiger partial charge in [0.05, 0.1) is 55.5 Å². The van der Waals surface area contributed by atoms with Crippen LogP contribution in [0.25, 0.3) is 11.4 Å². The van der Waals surface area contributed by atoms with Crippen molar-refractivity contribution in [3.8, 4) is 17.4 Å². The Hall–Kier alpha value is -6.30. The largest absolute Gasteiger partial charge is 0.496 e. The Bertz CT molecular complexity index is 2220. The molecule has 0 saturated heterocycles. The van der Waals surface area contributed by atoms with Gasteiger partial charge in [0.25, 0.3) is 0 Å². The molecule has 6 heterocycles. The van der Waals surface area contributed by atoms with E-state index in [4.69, 9.17) is 14.2 Å². The number of amides is 2. The molecule has 12 nitrogen and oxygen atoms in total. The second kappa shape index (κ2) is 14.3. The normalized spacial score (nSPS) is 16.2. The van der Waals surface area contributed by atoms with Crippen molar-refractivity contribution in [2.24, 2.45) is 9.98 Å². The van der Waals surface area contributed by atoms with Crippen molar-refractivity contribution in [1.29, 1.82) is 0 Å². The molecule has 2 aromatic carbocycles. The minimum atomic E-state index is -0.197. The zero-order valence-electron chi connectivity index (χ0n) is 28.5. The number of benzene rings is 2.